The number of nitrogens with zero attached hydrogens (tertiary/aromatic N) is 1. The van der Waals surface area contributed by atoms with Gasteiger partial charge in [0.2, 0.25) is 11.9 Å². The maximum Gasteiger partial charge on any atom is 0.233 e. The number of fused-ring (bicyclic) bond motifs is 1. The lowest BCUT2D eigenvalue weighted by atomic mass is 9.73. The van der Waals surface area contributed by atoms with Gasteiger partial charge in [-0.05, 0) is 42.2 Å². The van der Waals surface area contributed by atoms with E-state index < -0.39 is 5.41 Å². The summed E-state index contributed by atoms with van der Waals surface area (Å²) in [5.74, 6) is 0.435. The Hall–Kier alpha value is -3.08. The first-order valence-corrected chi connectivity index (χ1v) is 8.25. The van der Waals surface area contributed by atoms with Crippen LogP contribution in [0.5, 0.6) is 5.75 Å². The van der Waals surface area contributed by atoms with Crippen LogP contribution < -0.4 is 5.32 Å². The minimum atomic E-state index is -0.676. The molecule has 3 N–H and O–H groups in total. The van der Waals surface area contributed by atoms with E-state index in [4.69, 9.17) is 0 Å². The number of H-pyrrole nitrogens is 1. The third-order valence-corrected chi connectivity index (χ3v) is 5.02. The number of hydrogen-bond acceptors (Lipinski definition) is 3. The van der Waals surface area contributed by atoms with Crippen LogP contribution in [-0.4, -0.2) is 21.0 Å². The first kappa shape index (κ1) is 15.4. The van der Waals surface area contributed by atoms with Crippen molar-refractivity contribution in [2.75, 3.05) is 5.32 Å². The van der Waals surface area contributed by atoms with Gasteiger partial charge in [-0.25, -0.2) is 4.98 Å². The molecule has 0 fully saturated rings. The standard InChI is InChI=1S/C20H19N3O2/c1-20(18(25)23-19-21-9-10-22-19)12-14-7-8-15(24)11-16(14)17(20)13-5-3-2-4-6-13/h2-11,17,24H,12H2,1H3,(H2,21,22,23,25). The highest BCUT2D eigenvalue weighted by Gasteiger charge is 2.49. The molecule has 2 aromatic carbocycles. The molecular weight excluding hydrogens is 314 g/mol. The molecule has 1 aliphatic rings. The number of nitrogens with one attached hydrogen (secondary N) is 2. The Kier molecular flexibility index (Phi) is 3.57. The predicted molar refractivity (Wildman–Crippen MR) is 95.4 cm³/mol. The number of rotatable bonds is 3. The topological polar surface area (TPSA) is 78.0 Å². The number of imidazole rings is 1. The van der Waals surface area contributed by atoms with Gasteiger partial charge in [-0.1, -0.05) is 36.4 Å². The summed E-state index contributed by atoms with van der Waals surface area (Å²) in [7, 11) is 0. The quantitative estimate of drug-likeness (QED) is 0.687. The van der Waals surface area contributed by atoms with E-state index in [0.717, 1.165) is 16.7 Å². The van der Waals surface area contributed by atoms with Gasteiger partial charge in [0.15, 0.2) is 0 Å². The van der Waals surface area contributed by atoms with Crippen molar-refractivity contribution >= 4 is 11.9 Å². The van der Waals surface area contributed by atoms with Gasteiger partial charge in [-0.2, -0.15) is 0 Å². The number of phenolic OH excluding ortho intramolecular Hbond substituents is 1. The van der Waals surface area contributed by atoms with Crippen LogP contribution in [0.25, 0.3) is 0 Å². The van der Waals surface area contributed by atoms with E-state index in [1.54, 1.807) is 24.5 Å². The number of hydrogen-bond donors (Lipinski definition) is 3. The number of amides is 1. The fourth-order valence-electron chi connectivity index (χ4n) is 3.84. The minimum absolute atomic E-state index is 0.0907. The molecule has 2 atom stereocenters. The number of carbonyl (C=O) groups excluding carboxylic acids is 1. The molecule has 3 aromatic rings. The summed E-state index contributed by atoms with van der Waals surface area (Å²) in [4.78, 5) is 20.1. The van der Waals surface area contributed by atoms with E-state index >= 15 is 0 Å². The average Bonchev–Trinajstić information content (AvgIpc) is 3.21. The highest BCUT2D eigenvalue weighted by Crippen LogP contribution is 2.51. The second-order valence-electron chi connectivity index (χ2n) is 6.71. The Morgan fingerprint density at radius 3 is 2.80 bits per heavy atom. The summed E-state index contributed by atoms with van der Waals surface area (Å²) in [5.41, 5.74) is 2.47. The van der Waals surface area contributed by atoms with Crippen LogP contribution in [-0.2, 0) is 11.2 Å². The van der Waals surface area contributed by atoms with E-state index in [2.05, 4.69) is 15.3 Å². The SMILES string of the molecule is CC1(C(=O)Nc2ncc[nH]2)Cc2ccc(O)cc2C1c1ccccc1. The van der Waals surface area contributed by atoms with E-state index in [9.17, 15) is 9.90 Å². The lowest BCUT2D eigenvalue weighted by Crippen LogP contribution is -2.38. The minimum Gasteiger partial charge on any atom is -0.508 e. The van der Waals surface area contributed by atoms with Gasteiger partial charge < -0.3 is 10.1 Å². The number of anilines is 1. The summed E-state index contributed by atoms with van der Waals surface area (Å²) >= 11 is 0. The van der Waals surface area contributed by atoms with Gasteiger partial charge in [-0.3, -0.25) is 10.1 Å². The Balaban J connectivity index is 1.79. The average molecular weight is 333 g/mol. The van der Waals surface area contributed by atoms with Crippen LogP contribution in [0.4, 0.5) is 5.95 Å². The molecule has 0 radical (unpaired) electrons. The fourth-order valence-corrected chi connectivity index (χ4v) is 3.84. The van der Waals surface area contributed by atoms with Crippen molar-refractivity contribution in [3.05, 3.63) is 77.6 Å². The lowest BCUT2D eigenvalue weighted by molar-refractivity contribution is -0.125. The van der Waals surface area contributed by atoms with Crippen molar-refractivity contribution in [1.29, 1.82) is 0 Å². The number of benzene rings is 2. The Bertz CT molecular complexity index is 906. The van der Waals surface area contributed by atoms with Gasteiger partial charge in [0.05, 0.1) is 5.41 Å². The fraction of sp³-hybridized carbons (Fsp3) is 0.200. The van der Waals surface area contributed by atoms with Crippen LogP contribution >= 0.6 is 0 Å². The molecule has 1 aromatic heterocycles. The van der Waals surface area contributed by atoms with Crippen LogP contribution in [0.1, 0.15) is 29.5 Å². The molecule has 5 heteroatoms. The third-order valence-electron chi connectivity index (χ3n) is 5.02. The molecule has 0 saturated carbocycles. The third kappa shape index (κ3) is 2.58. The first-order valence-electron chi connectivity index (χ1n) is 8.25. The molecule has 1 heterocycles. The van der Waals surface area contributed by atoms with Crippen molar-refractivity contribution in [2.45, 2.75) is 19.3 Å². The van der Waals surface area contributed by atoms with Gasteiger partial charge >= 0.3 is 0 Å². The van der Waals surface area contributed by atoms with Crippen LogP contribution in [0.2, 0.25) is 0 Å². The Morgan fingerprint density at radius 1 is 1.28 bits per heavy atom. The second-order valence-corrected chi connectivity index (χ2v) is 6.71. The van der Waals surface area contributed by atoms with Crippen molar-refractivity contribution in [2.24, 2.45) is 5.41 Å². The van der Waals surface area contributed by atoms with Gasteiger partial charge in [-0.15, -0.1) is 0 Å². The summed E-state index contributed by atoms with van der Waals surface area (Å²) in [5, 5.41) is 12.8. The number of aromatic hydroxyl groups is 1. The number of aromatic amines is 1. The van der Waals surface area contributed by atoms with Crippen molar-refractivity contribution in [3.63, 3.8) is 0 Å². The number of phenols is 1. The Labute approximate surface area is 145 Å². The molecule has 4 rings (SSSR count). The lowest BCUT2D eigenvalue weighted by Gasteiger charge is -2.30. The van der Waals surface area contributed by atoms with Crippen molar-refractivity contribution in [3.8, 4) is 5.75 Å². The normalized spacial score (nSPS) is 21.7. The summed E-state index contributed by atoms with van der Waals surface area (Å²) in [6.07, 6.45) is 3.89. The number of carbonyl (C=O) groups is 1. The van der Waals surface area contributed by atoms with E-state index in [-0.39, 0.29) is 17.6 Å². The largest absolute Gasteiger partial charge is 0.508 e. The monoisotopic (exact) mass is 333 g/mol. The molecule has 126 valence electrons. The zero-order valence-electron chi connectivity index (χ0n) is 13.9. The maximum absolute atomic E-state index is 13.1. The summed E-state index contributed by atoms with van der Waals surface area (Å²) < 4.78 is 0. The molecule has 1 amide bonds. The molecule has 1 aliphatic carbocycles. The first-order chi connectivity index (χ1) is 12.1. The maximum atomic E-state index is 13.1. The van der Waals surface area contributed by atoms with Crippen molar-refractivity contribution < 1.29 is 9.90 Å². The molecule has 5 nitrogen and oxygen atoms in total. The molecule has 0 spiro atoms. The van der Waals surface area contributed by atoms with E-state index in [1.165, 1.54) is 0 Å². The van der Waals surface area contributed by atoms with Crippen LogP contribution in [0.3, 0.4) is 0 Å². The van der Waals surface area contributed by atoms with Crippen LogP contribution in [0.15, 0.2) is 60.9 Å². The van der Waals surface area contributed by atoms with Gasteiger partial charge in [0.25, 0.3) is 0 Å². The molecule has 0 bridgehead atoms. The summed E-state index contributed by atoms with van der Waals surface area (Å²) in [6, 6.07) is 15.3. The molecule has 25 heavy (non-hydrogen) atoms. The smallest absolute Gasteiger partial charge is 0.233 e. The highest BCUT2D eigenvalue weighted by molar-refractivity contribution is 5.96. The Morgan fingerprint density at radius 2 is 2.08 bits per heavy atom. The number of aromatic nitrogens is 2. The van der Waals surface area contributed by atoms with Crippen molar-refractivity contribution in [1.82, 2.24) is 9.97 Å². The predicted octanol–water partition coefficient (Wildman–Crippen LogP) is 3.45. The zero-order valence-corrected chi connectivity index (χ0v) is 13.9. The zero-order chi connectivity index (χ0) is 17.4. The highest BCUT2D eigenvalue weighted by atomic mass is 16.3. The van der Waals surface area contributed by atoms with E-state index in [1.807, 2.05) is 43.3 Å². The molecule has 2 unspecified atom stereocenters. The van der Waals surface area contributed by atoms with Crippen LogP contribution in [0, 0.1) is 5.41 Å². The van der Waals surface area contributed by atoms with Gasteiger partial charge in [0, 0.05) is 18.3 Å². The molecular formula is C20H19N3O2. The van der Waals surface area contributed by atoms with Gasteiger partial charge in [0.1, 0.15) is 5.75 Å². The second kappa shape index (κ2) is 5.77. The molecule has 0 saturated heterocycles. The summed E-state index contributed by atoms with van der Waals surface area (Å²) in [6.45, 7) is 1.97. The van der Waals surface area contributed by atoms with E-state index in [0.29, 0.717) is 12.4 Å². The molecule has 0 aliphatic heterocycles.